The summed E-state index contributed by atoms with van der Waals surface area (Å²) >= 11 is 3.08. The molecule has 0 amide bonds. The van der Waals surface area contributed by atoms with Crippen LogP contribution >= 0.6 is 15.9 Å². The van der Waals surface area contributed by atoms with Crippen LogP contribution < -0.4 is 11.2 Å². The monoisotopic (exact) mass is 436 g/mol. The van der Waals surface area contributed by atoms with Gasteiger partial charge in [-0.25, -0.2) is 4.79 Å². The van der Waals surface area contributed by atoms with Crippen molar-refractivity contribution >= 4 is 27.9 Å². The van der Waals surface area contributed by atoms with Crippen LogP contribution in [0, 0.1) is 0 Å². The molecule has 2 aromatic rings. The molecule has 2 heterocycles. The van der Waals surface area contributed by atoms with E-state index in [1.165, 1.54) is 29.4 Å². The molecule has 1 aliphatic rings. The zero-order valence-corrected chi connectivity index (χ0v) is 15.7. The first kappa shape index (κ1) is 19.4. The number of halogens is 1. The standard InChI is InChI=1S/C18H17BrN2O6/c19-7-6-12-9-20(15-8-13(23)14(10-22)27-15)18(26)21(17(12)25)16(24)11-4-2-1-3-5-11/h1-7,9,13-15,22-23H,8,10H2/b7-6+/t13-,14+,15+/m0/s1. The predicted octanol–water partition coefficient (Wildman–Crippen LogP) is 0.705. The van der Waals surface area contributed by atoms with Gasteiger partial charge in [0.15, 0.2) is 0 Å². The average molecular weight is 437 g/mol. The van der Waals surface area contributed by atoms with E-state index in [1.54, 1.807) is 18.2 Å². The number of rotatable bonds is 4. The van der Waals surface area contributed by atoms with Gasteiger partial charge in [-0.15, -0.1) is 0 Å². The molecule has 2 N–H and O–H groups in total. The number of aliphatic hydroxyl groups is 2. The van der Waals surface area contributed by atoms with Gasteiger partial charge >= 0.3 is 5.69 Å². The summed E-state index contributed by atoms with van der Waals surface area (Å²) < 4.78 is 7.13. The zero-order chi connectivity index (χ0) is 19.6. The lowest BCUT2D eigenvalue weighted by molar-refractivity contribution is -0.0462. The lowest BCUT2D eigenvalue weighted by Crippen LogP contribution is -2.45. The van der Waals surface area contributed by atoms with E-state index < -0.39 is 42.2 Å². The Morgan fingerprint density at radius 2 is 2.00 bits per heavy atom. The molecule has 0 bridgehead atoms. The van der Waals surface area contributed by atoms with Crippen molar-refractivity contribution < 1.29 is 19.7 Å². The number of aromatic nitrogens is 2. The van der Waals surface area contributed by atoms with Gasteiger partial charge < -0.3 is 14.9 Å². The highest BCUT2D eigenvalue weighted by Gasteiger charge is 2.35. The summed E-state index contributed by atoms with van der Waals surface area (Å²) in [5, 5.41) is 19.2. The molecule has 0 aliphatic carbocycles. The third-order valence-corrected chi connectivity index (χ3v) is 4.57. The molecule has 9 heteroatoms. The van der Waals surface area contributed by atoms with Gasteiger partial charge in [0.05, 0.1) is 18.3 Å². The van der Waals surface area contributed by atoms with E-state index in [-0.39, 0.29) is 17.5 Å². The molecule has 1 saturated heterocycles. The van der Waals surface area contributed by atoms with E-state index in [0.717, 1.165) is 4.57 Å². The molecule has 142 valence electrons. The fourth-order valence-corrected chi connectivity index (χ4v) is 3.20. The van der Waals surface area contributed by atoms with Gasteiger partial charge in [0.25, 0.3) is 11.5 Å². The summed E-state index contributed by atoms with van der Waals surface area (Å²) in [6.45, 7) is -0.414. The number of ether oxygens (including phenoxy) is 1. The summed E-state index contributed by atoms with van der Waals surface area (Å²) in [5.41, 5.74) is -1.38. The van der Waals surface area contributed by atoms with Crippen LogP contribution in [0.3, 0.4) is 0 Å². The first-order valence-electron chi connectivity index (χ1n) is 8.17. The van der Waals surface area contributed by atoms with Crippen molar-refractivity contribution in [1.29, 1.82) is 0 Å². The van der Waals surface area contributed by atoms with Gasteiger partial charge in [0.2, 0.25) is 0 Å². The molecule has 1 aliphatic heterocycles. The van der Waals surface area contributed by atoms with E-state index >= 15 is 0 Å². The molecule has 0 saturated carbocycles. The Bertz CT molecular complexity index is 982. The molecule has 8 nitrogen and oxygen atoms in total. The third-order valence-electron chi connectivity index (χ3n) is 4.30. The predicted molar refractivity (Wildman–Crippen MR) is 101 cm³/mol. The highest BCUT2D eigenvalue weighted by molar-refractivity contribution is 9.11. The molecule has 0 radical (unpaired) electrons. The molecular formula is C18H17BrN2O6. The molecule has 3 rings (SSSR count). The Balaban J connectivity index is 2.16. The zero-order valence-electron chi connectivity index (χ0n) is 14.1. The van der Waals surface area contributed by atoms with Gasteiger partial charge in [-0.05, 0) is 23.2 Å². The summed E-state index contributed by atoms with van der Waals surface area (Å²) in [6.07, 6.45) is -0.00604. The van der Waals surface area contributed by atoms with Crippen molar-refractivity contribution in [2.75, 3.05) is 6.61 Å². The first-order valence-corrected chi connectivity index (χ1v) is 9.08. The van der Waals surface area contributed by atoms with Crippen LogP contribution in [0.25, 0.3) is 6.08 Å². The Hall–Kier alpha value is -2.33. The normalized spacial score (nSPS) is 22.4. The largest absolute Gasteiger partial charge is 0.394 e. The summed E-state index contributed by atoms with van der Waals surface area (Å²) in [6, 6.07) is 7.97. The van der Waals surface area contributed by atoms with Crippen LogP contribution in [0.2, 0.25) is 0 Å². The number of carbonyl (C=O) groups excluding carboxylic acids is 1. The second-order valence-corrected chi connectivity index (χ2v) is 6.52. The van der Waals surface area contributed by atoms with Crippen LogP contribution in [0.1, 0.15) is 28.6 Å². The van der Waals surface area contributed by atoms with Crippen LogP contribution in [0.5, 0.6) is 0 Å². The molecular weight excluding hydrogens is 420 g/mol. The van der Waals surface area contributed by atoms with Crippen molar-refractivity contribution in [3.05, 3.63) is 73.5 Å². The van der Waals surface area contributed by atoms with Crippen LogP contribution in [-0.2, 0) is 4.74 Å². The van der Waals surface area contributed by atoms with Crippen molar-refractivity contribution in [2.24, 2.45) is 0 Å². The van der Waals surface area contributed by atoms with E-state index in [1.807, 2.05) is 0 Å². The molecule has 0 spiro atoms. The van der Waals surface area contributed by atoms with Gasteiger partial charge in [0, 0.05) is 18.2 Å². The highest BCUT2D eigenvalue weighted by atomic mass is 79.9. The van der Waals surface area contributed by atoms with Crippen molar-refractivity contribution in [1.82, 2.24) is 9.13 Å². The minimum Gasteiger partial charge on any atom is -0.394 e. The fraction of sp³-hybridized carbons (Fsp3) is 0.278. The topological polar surface area (TPSA) is 111 Å². The smallest absolute Gasteiger partial charge is 0.340 e. The molecule has 3 atom stereocenters. The molecule has 0 unspecified atom stereocenters. The van der Waals surface area contributed by atoms with Gasteiger partial charge in [-0.2, -0.15) is 4.57 Å². The molecule has 1 fully saturated rings. The number of hydrogen-bond acceptors (Lipinski definition) is 6. The number of aliphatic hydroxyl groups excluding tert-OH is 2. The van der Waals surface area contributed by atoms with Gasteiger partial charge in [-0.1, -0.05) is 34.1 Å². The molecule has 27 heavy (non-hydrogen) atoms. The molecule has 1 aromatic carbocycles. The lowest BCUT2D eigenvalue weighted by atomic mass is 10.2. The van der Waals surface area contributed by atoms with E-state index in [2.05, 4.69) is 15.9 Å². The van der Waals surface area contributed by atoms with Crippen LogP contribution in [0.15, 0.2) is 51.1 Å². The SMILES string of the molecule is O=C(c1ccccc1)n1c(=O)c(/C=C/Br)cn([C@H]2C[C@H](O)[C@@H](CO)O2)c1=O. The maximum absolute atomic E-state index is 12.9. The number of nitrogens with zero attached hydrogens (tertiary/aromatic N) is 2. The number of hydrogen-bond donors (Lipinski definition) is 2. The van der Waals surface area contributed by atoms with Crippen LogP contribution in [0.4, 0.5) is 0 Å². The van der Waals surface area contributed by atoms with E-state index in [4.69, 9.17) is 4.74 Å². The maximum Gasteiger partial charge on any atom is 0.340 e. The molecule has 1 aromatic heterocycles. The van der Waals surface area contributed by atoms with Crippen molar-refractivity contribution in [2.45, 2.75) is 24.9 Å². The van der Waals surface area contributed by atoms with Gasteiger partial charge in [0.1, 0.15) is 12.3 Å². The summed E-state index contributed by atoms with van der Waals surface area (Å²) in [4.78, 5) is 39.8. The fourth-order valence-electron chi connectivity index (χ4n) is 2.92. The second-order valence-electron chi connectivity index (χ2n) is 5.99. The third kappa shape index (κ3) is 3.72. The van der Waals surface area contributed by atoms with E-state index in [9.17, 15) is 24.6 Å². The maximum atomic E-state index is 12.9. The van der Waals surface area contributed by atoms with E-state index in [0.29, 0.717) is 4.57 Å². The van der Waals surface area contributed by atoms with Crippen LogP contribution in [-0.4, -0.2) is 44.1 Å². The summed E-state index contributed by atoms with van der Waals surface area (Å²) in [5.74, 6) is -0.763. The summed E-state index contributed by atoms with van der Waals surface area (Å²) in [7, 11) is 0. The highest BCUT2D eigenvalue weighted by Crippen LogP contribution is 2.27. The minimum absolute atomic E-state index is 0.0420. The number of benzene rings is 1. The van der Waals surface area contributed by atoms with Crippen molar-refractivity contribution in [3.63, 3.8) is 0 Å². The van der Waals surface area contributed by atoms with Crippen molar-refractivity contribution in [3.8, 4) is 0 Å². The Morgan fingerprint density at radius 3 is 2.59 bits per heavy atom. The quantitative estimate of drug-likeness (QED) is 0.729. The van der Waals surface area contributed by atoms with Gasteiger partial charge in [-0.3, -0.25) is 14.2 Å². The Morgan fingerprint density at radius 1 is 1.30 bits per heavy atom. The second kappa shape index (κ2) is 8.13. The Labute approximate surface area is 162 Å². The minimum atomic E-state index is -0.965. The number of carbonyl (C=O) groups is 1. The average Bonchev–Trinajstić information content (AvgIpc) is 3.05. The Kier molecular flexibility index (Phi) is 5.85. The first-order chi connectivity index (χ1) is 13.0. The lowest BCUT2D eigenvalue weighted by Gasteiger charge is -2.17.